The van der Waals surface area contributed by atoms with Gasteiger partial charge in [-0.2, -0.15) is 0 Å². The Balaban J connectivity index is 1.82. The lowest BCUT2D eigenvalue weighted by Crippen LogP contribution is -2.09. The molecule has 0 amide bonds. The summed E-state index contributed by atoms with van der Waals surface area (Å²) in [6.45, 7) is 5.21. The molecule has 0 aliphatic carbocycles. The Hall–Kier alpha value is -2.56. The number of anilines is 1. The molecule has 1 aromatic carbocycles. The molecule has 0 atom stereocenters. The monoisotopic (exact) mass is 282 g/mol. The number of imidazole rings is 1. The molecule has 5 nitrogen and oxygen atoms in total. The smallest absolute Gasteiger partial charge is 0.151 e. The van der Waals surface area contributed by atoms with E-state index in [1.165, 1.54) is 0 Å². The second-order valence-electron chi connectivity index (χ2n) is 4.99. The molecular formula is C16H18N4O. The van der Waals surface area contributed by atoms with Crippen molar-refractivity contribution in [1.29, 1.82) is 0 Å². The minimum atomic E-state index is 0.482. The molecule has 0 aliphatic heterocycles. The summed E-state index contributed by atoms with van der Waals surface area (Å²) in [5, 5.41) is 0. The highest BCUT2D eigenvalue weighted by Gasteiger charge is 2.11. The summed E-state index contributed by atoms with van der Waals surface area (Å²) in [5.74, 6) is 2.27. The van der Waals surface area contributed by atoms with Gasteiger partial charge in [-0.3, -0.25) is 0 Å². The van der Waals surface area contributed by atoms with Crippen molar-refractivity contribution in [2.75, 3.05) is 12.3 Å². The second-order valence-corrected chi connectivity index (χ2v) is 4.99. The number of hydrogen-bond donors (Lipinski definition) is 1. The summed E-state index contributed by atoms with van der Waals surface area (Å²) >= 11 is 0. The first-order valence-corrected chi connectivity index (χ1v) is 6.93. The minimum absolute atomic E-state index is 0.482. The molecule has 0 unspecified atom stereocenters. The molecule has 0 spiro atoms. The summed E-state index contributed by atoms with van der Waals surface area (Å²) in [6.07, 6.45) is 0. The summed E-state index contributed by atoms with van der Waals surface area (Å²) < 4.78 is 7.86. The lowest BCUT2D eigenvalue weighted by atomic mass is 10.3. The van der Waals surface area contributed by atoms with Crippen LogP contribution < -0.4 is 10.5 Å². The van der Waals surface area contributed by atoms with E-state index >= 15 is 0 Å². The molecule has 108 valence electrons. The van der Waals surface area contributed by atoms with Crippen LogP contribution in [0.25, 0.3) is 11.0 Å². The van der Waals surface area contributed by atoms with Gasteiger partial charge in [-0.05, 0) is 32.0 Å². The number of benzene rings is 1. The van der Waals surface area contributed by atoms with Crippen LogP contribution in [0.4, 0.5) is 5.82 Å². The number of nitrogens with zero attached hydrogens (tertiary/aromatic N) is 3. The maximum atomic E-state index is 5.94. The Morgan fingerprint density at radius 1 is 1.14 bits per heavy atom. The topological polar surface area (TPSA) is 66.0 Å². The van der Waals surface area contributed by atoms with Gasteiger partial charge in [0.2, 0.25) is 0 Å². The van der Waals surface area contributed by atoms with E-state index in [-0.39, 0.29) is 0 Å². The van der Waals surface area contributed by atoms with Gasteiger partial charge in [0.05, 0.1) is 12.1 Å². The lowest BCUT2D eigenvalue weighted by Gasteiger charge is -2.09. The number of nitrogens with two attached hydrogens (primary N) is 1. The Morgan fingerprint density at radius 2 is 1.90 bits per heavy atom. The molecule has 21 heavy (non-hydrogen) atoms. The third-order valence-corrected chi connectivity index (χ3v) is 3.41. The summed E-state index contributed by atoms with van der Waals surface area (Å²) in [5.41, 5.74) is 8.60. The van der Waals surface area contributed by atoms with Crippen molar-refractivity contribution in [2.45, 2.75) is 20.4 Å². The van der Waals surface area contributed by atoms with Crippen molar-refractivity contribution in [3.63, 3.8) is 0 Å². The Bertz CT molecular complexity index is 765. The van der Waals surface area contributed by atoms with Crippen LogP contribution in [0.5, 0.6) is 5.75 Å². The average Bonchev–Trinajstić information content (AvgIpc) is 2.77. The molecule has 0 saturated carbocycles. The highest BCUT2D eigenvalue weighted by molar-refractivity contribution is 5.85. The van der Waals surface area contributed by atoms with E-state index in [1.54, 1.807) is 0 Å². The number of hydrogen-bond acceptors (Lipinski definition) is 4. The second kappa shape index (κ2) is 5.44. The van der Waals surface area contributed by atoms with E-state index in [0.29, 0.717) is 12.4 Å². The molecule has 3 aromatic rings. The van der Waals surface area contributed by atoms with Crippen LogP contribution in [0.2, 0.25) is 0 Å². The molecule has 0 fully saturated rings. The highest BCUT2D eigenvalue weighted by atomic mass is 16.5. The van der Waals surface area contributed by atoms with E-state index in [2.05, 4.69) is 14.5 Å². The predicted octanol–water partition coefficient (Wildman–Crippen LogP) is 2.71. The van der Waals surface area contributed by atoms with Crippen LogP contribution in [0.3, 0.4) is 0 Å². The fraction of sp³-hybridized carbons (Fsp3) is 0.250. The third kappa shape index (κ3) is 2.67. The number of nitrogen functional groups attached to an aromatic ring is 1. The molecule has 2 aromatic heterocycles. The summed E-state index contributed by atoms with van der Waals surface area (Å²) in [4.78, 5) is 8.75. The SMILES string of the molecule is Cc1cc2c(nc(C)n2CCOc2ccccc2)c(N)n1. The van der Waals surface area contributed by atoms with Gasteiger partial charge >= 0.3 is 0 Å². The zero-order valence-electron chi connectivity index (χ0n) is 12.2. The number of ether oxygens (including phenoxy) is 1. The molecule has 0 bridgehead atoms. The third-order valence-electron chi connectivity index (χ3n) is 3.41. The van der Waals surface area contributed by atoms with E-state index in [1.807, 2.05) is 50.2 Å². The molecule has 2 heterocycles. The summed E-state index contributed by atoms with van der Waals surface area (Å²) in [6, 6.07) is 11.8. The molecule has 0 aliphatic rings. The first-order valence-electron chi connectivity index (χ1n) is 6.93. The quantitative estimate of drug-likeness (QED) is 0.799. The number of aromatic nitrogens is 3. The molecule has 2 N–H and O–H groups in total. The van der Waals surface area contributed by atoms with Crippen molar-refractivity contribution >= 4 is 16.9 Å². The number of fused-ring (bicyclic) bond motifs is 1. The van der Waals surface area contributed by atoms with Crippen LogP contribution in [0.15, 0.2) is 36.4 Å². The summed E-state index contributed by atoms with van der Waals surface area (Å²) in [7, 11) is 0. The fourth-order valence-electron chi connectivity index (χ4n) is 2.44. The Morgan fingerprint density at radius 3 is 2.67 bits per heavy atom. The van der Waals surface area contributed by atoms with Gasteiger partial charge in [0, 0.05) is 5.69 Å². The van der Waals surface area contributed by atoms with Crippen LogP contribution in [-0.4, -0.2) is 21.1 Å². The molecule has 0 saturated heterocycles. The number of pyridine rings is 1. The van der Waals surface area contributed by atoms with Crippen molar-refractivity contribution in [1.82, 2.24) is 14.5 Å². The molecular weight excluding hydrogens is 264 g/mol. The molecule has 3 rings (SSSR count). The van der Waals surface area contributed by atoms with Crippen LogP contribution in [0, 0.1) is 13.8 Å². The number of para-hydroxylation sites is 1. The van der Waals surface area contributed by atoms with Crippen LogP contribution in [-0.2, 0) is 6.54 Å². The van der Waals surface area contributed by atoms with Crippen LogP contribution in [0.1, 0.15) is 11.5 Å². The Labute approximate surface area is 123 Å². The first kappa shape index (κ1) is 13.4. The van der Waals surface area contributed by atoms with Gasteiger partial charge in [0.1, 0.15) is 23.7 Å². The lowest BCUT2D eigenvalue weighted by molar-refractivity contribution is 0.299. The van der Waals surface area contributed by atoms with Crippen molar-refractivity contribution in [3.8, 4) is 5.75 Å². The van der Waals surface area contributed by atoms with Gasteiger partial charge in [0.15, 0.2) is 5.82 Å². The van der Waals surface area contributed by atoms with E-state index in [9.17, 15) is 0 Å². The maximum absolute atomic E-state index is 5.94. The average molecular weight is 282 g/mol. The van der Waals surface area contributed by atoms with Crippen molar-refractivity contribution in [3.05, 3.63) is 47.9 Å². The van der Waals surface area contributed by atoms with Crippen molar-refractivity contribution in [2.24, 2.45) is 0 Å². The zero-order chi connectivity index (χ0) is 14.8. The highest BCUT2D eigenvalue weighted by Crippen LogP contribution is 2.21. The largest absolute Gasteiger partial charge is 0.492 e. The first-order chi connectivity index (χ1) is 10.1. The van der Waals surface area contributed by atoms with Gasteiger partial charge in [0.25, 0.3) is 0 Å². The zero-order valence-corrected chi connectivity index (χ0v) is 12.2. The molecule has 0 radical (unpaired) electrons. The number of aryl methyl sites for hydroxylation is 2. The maximum Gasteiger partial charge on any atom is 0.151 e. The number of rotatable bonds is 4. The predicted molar refractivity (Wildman–Crippen MR) is 83.4 cm³/mol. The van der Waals surface area contributed by atoms with E-state index in [4.69, 9.17) is 10.5 Å². The van der Waals surface area contributed by atoms with E-state index in [0.717, 1.165) is 34.8 Å². The van der Waals surface area contributed by atoms with Gasteiger partial charge in [-0.1, -0.05) is 18.2 Å². The van der Waals surface area contributed by atoms with E-state index < -0.39 is 0 Å². The standard InChI is InChI=1S/C16H18N4O/c1-11-10-14-15(16(17)18-11)19-12(2)20(14)8-9-21-13-6-4-3-5-7-13/h3-7,10H,8-9H2,1-2H3,(H2,17,18). The van der Waals surface area contributed by atoms with Gasteiger partial charge < -0.3 is 15.0 Å². The van der Waals surface area contributed by atoms with Gasteiger partial charge in [-0.25, -0.2) is 9.97 Å². The van der Waals surface area contributed by atoms with Gasteiger partial charge in [-0.15, -0.1) is 0 Å². The Kier molecular flexibility index (Phi) is 3.48. The molecule has 5 heteroatoms. The fourth-order valence-corrected chi connectivity index (χ4v) is 2.44. The normalized spacial score (nSPS) is 11.0. The minimum Gasteiger partial charge on any atom is -0.492 e. The van der Waals surface area contributed by atoms with Crippen LogP contribution >= 0.6 is 0 Å². The van der Waals surface area contributed by atoms with Crippen molar-refractivity contribution < 1.29 is 4.74 Å².